The molecule has 4 fully saturated rings. The first-order valence-electron chi connectivity index (χ1n) is 14.1. The minimum absolute atomic E-state index is 0.120. The molecule has 0 spiro atoms. The summed E-state index contributed by atoms with van der Waals surface area (Å²) in [5, 5.41) is 32.7. The molecule has 3 saturated carbocycles. The molecule has 0 aromatic carbocycles. The molecule has 1 unspecified atom stereocenters. The molecule has 4 aliphatic carbocycles. The number of carboxylic acid groups (broad SMARTS) is 1. The summed E-state index contributed by atoms with van der Waals surface area (Å²) in [7, 11) is 0. The third-order valence-corrected chi connectivity index (χ3v) is 13.1. The van der Waals surface area contributed by atoms with Crippen molar-refractivity contribution in [3.63, 3.8) is 0 Å². The van der Waals surface area contributed by atoms with E-state index in [9.17, 15) is 20.1 Å². The minimum Gasteiger partial charge on any atom is -0.481 e. The average molecular weight is 489 g/mol. The van der Waals surface area contributed by atoms with Crippen molar-refractivity contribution in [3.05, 3.63) is 11.6 Å². The molecule has 2 bridgehead atoms. The van der Waals surface area contributed by atoms with Crippen molar-refractivity contribution in [2.75, 3.05) is 13.2 Å². The largest absolute Gasteiger partial charge is 0.481 e. The Morgan fingerprint density at radius 3 is 2.34 bits per heavy atom. The summed E-state index contributed by atoms with van der Waals surface area (Å²) < 4.78 is 6.21. The highest BCUT2D eigenvalue weighted by molar-refractivity contribution is 5.73. The molecule has 1 saturated heterocycles. The number of carbonyl (C=O) groups is 1. The fourth-order valence-electron chi connectivity index (χ4n) is 10.6. The van der Waals surface area contributed by atoms with Crippen LogP contribution in [0.2, 0.25) is 0 Å². The van der Waals surface area contributed by atoms with Gasteiger partial charge >= 0.3 is 5.97 Å². The Morgan fingerprint density at radius 1 is 1.03 bits per heavy atom. The van der Waals surface area contributed by atoms with Gasteiger partial charge in [-0.1, -0.05) is 60.1 Å². The maximum absolute atomic E-state index is 13.1. The third-order valence-electron chi connectivity index (χ3n) is 13.1. The summed E-state index contributed by atoms with van der Waals surface area (Å²) in [5.41, 5.74) is 0.0277. The van der Waals surface area contributed by atoms with E-state index in [1.807, 2.05) is 0 Å². The monoisotopic (exact) mass is 488 g/mol. The molecule has 0 aromatic rings. The Morgan fingerprint density at radius 2 is 1.71 bits per heavy atom. The van der Waals surface area contributed by atoms with E-state index in [0.717, 1.165) is 32.1 Å². The predicted octanol–water partition coefficient (Wildman–Crippen LogP) is 5.30. The standard InChI is InChI=1S/C30H48O5/c1-17(2)18(3)26(4)12-13-28(6)19-8-9-22-27(5)15-35-16-30(22,14-21(31)24(27)32)20(19)10-11-29(28,7)23(26)25(33)34/h10,17-19,21-24,31-32H,8-9,11-16H2,1-7H3,(H,33,34)/t18-,19?,21-,22+,23-,24+,26-,27-,28-,29+,30+/m1/s1. The first kappa shape index (κ1) is 25.7. The molecule has 1 heterocycles. The summed E-state index contributed by atoms with van der Waals surface area (Å²) in [6.45, 7) is 16.8. The number of rotatable bonds is 3. The Balaban J connectivity index is 1.62. The van der Waals surface area contributed by atoms with Crippen LogP contribution in [0.15, 0.2) is 11.6 Å². The van der Waals surface area contributed by atoms with Crippen LogP contribution in [0, 0.1) is 56.7 Å². The minimum atomic E-state index is -0.758. The Labute approximate surface area is 211 Å². The van der Waals surface area contributed by atoms with Crippen LogP contribution in [-0.4, -0.2) is 46.7 Å². The molecule has 5 heteroatoms. The maximum atomic E-state index is 13.1. The van der Waals surface area contributed by atoms with Gasteiger partial charge in [-0.05, 0) is 78.4 Å². The highest BCUT2D eigenvalue weighted by Crippen LogP contribution is 2.74. The number of aliphatic hydroxyl groups is 2. The van der Waals surface area contributed by atoms with E-state index in [-0.39, 0.29) is 21.7 Å². The highest BCUT2D eigenvalue weighted by atomic mass is 16.5. The first-order valence-corrected chi connectivity index (χ1v) is 14.1. The van der Waals surface area contributed by atoms with Crippen molar-refractivity contribution in [1.29, 1.82) is 0 Å². The van der Waals surface area contributed by atoms with Crippen molar-refractivity contribution >= 4 is 5.97 Å². The van der Waals surface area contributed by atoms with Gasteiger partial charge in [0.15, 0.2) is 0 Å². The molecule has 11 atom stereocenters. The lowest BCUT2D eigenvalue weighted by Crippen LogP contribution is -2.69. The molecule has 3 N–H and O–H groups in total. The normalized spacial score (nSPS) is 54.2. The lowest BCUT2D eigenvalue weighted by atomic mass is 9.34. The van der Waals surface area contributed by atoms with E-state index >= 15 is 0 Å². The van der Waals surface area contributed by atoms with Crippen molar-refractivity contribution in [2.24, 2.45) is 56.7 Å². The fourth-order valence-corrected chi connectivity index (χ4v) is 10.6. The third kappa shape index (κ3) is 3.01. The van der Waals surface area contributed by atoms with Crippen LogP contribution in [0.4, 0.5) is 0 Å². The van der Waals surface area contributed by atoms with Gasteiger partial charge in [-0.3, -0.25) is 4.79 Å². The summed E-state index contributed by atoms with van der Waals surface area (Å²) in [4.78, 5) is 13.1. The van der Waals surface area contributed by atoms with E-state index in [1.54, 1.807) is 0 Å². The van der Waals surface area contributed by atoms with Gasteiger partial charge in [0.25, 0.3) is 0 Å². The summed E-state index contributed by atoms with van der Waals surface area (Å²) in [5.74, 6) is 0.320. The van der Waals surface area contributed by atoms with Gasteiger partial charge in [-0.15, -0.1) is 0 Å². The van der Waals surface area contributed by atoms with E-state index < -0.39 is 29.5 Å². The van der Waals surface area contributed by atoms with Crippen molar-refractivity contribution < 1.29 is 24.9 Å². The fraction of sp³-hybridized carbons (Fsp3) is 0.900. The predicted molar refractivity (Wildman–Crippen MR) is 136 cm³/mol. The Hall–Kier alpha value is -0.910. The SMILES string of the molecule is CC(C)[C@@H](C)[C@@]1(C)CC[C@]2(C)C3CC[C@@H]4[C@@]5(COC[C@@]4(C)[C@@H](O)[C@H](O)C5)C3=CC[C@@]2(C)[C@@H]1C(=O)O. The van der Waals surface area contributed by atoms with Gasteiger partial charge in [0.1, 0.15) is 0 Å². The quantitative estimate of drug-likeness (QED) is 0.470. The lowest BCUT2D eigenvalue weighted by Gasteiger charge is -2.71. The van der Waals surface area contributed by atoms with Gasteiger partial charge in [0.2, 0.25) is 0 Å². The zero-order valence-electron chi connectivity index (χ0n) is 22.9. The van der Waals surface area contributed by atoms with Gasteiger partial charge in [-0.2, -0.15) is 0 Å². The van der Waals surface area contributed by atoms with Crippen LogP contribution in [0.1, 0.15) is 87.0 Å². The molecule has 1 aliphatic heterocycles. The van der Waals surface area contributed by atoms with E-state index in [1.165, 1.54) is 5.57 Å². The number of aliphatic carboxylic acids is 1. The van der Waals surface area contributed by atoms with Crippen LogP contribution in [0.3, 0.4) is 0 Å². The van der Waals surface area contributed by atoms with Crippen molar-refractivity contribution in [1.82, 2.24) is 0 Å². The van der Waals surface area contributed by atoms with Crippen LogP contribution in [-0.2, 0) is 9.53 Å². The molecule has 5 nitrogen and oxygen atoms in total. The van der Waals surface area contributed by atoms with Gasteiger partial charge in [-0.25, -0.2) is 0 Å². The zero-order valence-corrected chi connectivity index (χ0v) is 22.9. The Kier molecular flexibility index (Phi) is 5.73. The molecule has 0 aromatic heterocycles. The molecule has 0 amide bonds. The van der Waals surface area contributed by atoms with E-state index in [4.69, 9.17) is 4.74 Å². The van der Waals surface area contributed by atoms with Gasteiger partial charge in [0.05, 0.1) is 31.3 Å². The van der Waals surface area contributed by atoms with Gasteiger partial charge in [0, 0.05) is 10.8 Å². The van der Waals surface area contributed by atoms with Gasteiger partial charge < -0.3 is 20.1 Å². The number of aliphatic hydroxyl groups excluding tert-OH is 2. The number of ether oxygens (including phenoxy) is 1. The molecule has 5 rings (SSSR count). The molecular weight excluding hydrogens is 440 g/mol. The second-order valence-corrected chi connectivity index (χ2v) is 14.6. The summed E-state index contributed by atoms with van der Waals surface area (Å²) in [6.07, 6.45) is 6.21. The van der Waals surface area contributed by atoms with Crippen molar-refractivity contribution in [3.8, 4) is 0 Å². The molecule has 198 valence electrons. The molecule has 0 radical (unpaired) electrons. The summed E-state index contributed by atoms with van der Waals surface area (Å²) >= 11 is 0. The van der Waals surface area contributed by atoms with Crippen LogP contribution in [0.5, 0.6) is 0 Å². The smallest absolute Gasteiger partial charge is 0.307 e. The number of allylic oxidation sites excluding steroid dienone is 1. The topological polar surface area (TPSA) is 87.0 Å². The molecule has 35 heavy (non-hydrogen) atoms. The molecular formula is C30H48O5. The van der Waals surface area contributed by atoms with Crippen LogP contribution < -0.4 is 0 Å². The lowest BCUT2D eigenvalue weighted by molar-refractivity contribution is -0.253. The summed E-state index contributed by atoms with van der Waals surface area (Å²) in [6, 6.07) is 0. The highest BCUT2D eigenvalue weighted by Gasteiger charge is 2.71. The zero-order chi connectivity index (χ0) is 25.8. The number of hydrogen-bond acceptors (Lipinski definition) is 4. The van der Waals surface area contributed by atoms with Crippen molar-refractivity contribution in [2.45, 2.75) is 99.2 Å². The average Bonchev–Trinajstić information content (AvgIpc) is 2.77. The number of fused-ring (bicyclic) bond motifs is 3. The number of hydrogen-bond donors (Lipinski definition) is 3. The van der Waals surface area contributed by atoms with E-state index in [2.05, 4.69) is 54.5 Å². The first-order chi connectivity index (χ1) is 16.2. The number of carboxylic acids is 1. The second-order valence-electron chi connectivity index (χ2n) is 14.6. The van der Waals surface area contributed by atoms with Crippen LogP contribution in [0.25, 0.3) is 0 Å². The second kappa shape index (κ2) is 7.80. The maximum Gasteiger partial charge on any atom is 0.307 e. The Bertz CT molecular complexity index is 928. The molecule has 5 aliphatic rings. The van der Waals surface area contributed by atoms with E-state index in [0.29, 0.717) is 43.3 Å². The van der Waals surface area contributed by atoms with Crippen LogP contribution >= 0.6 is 0 Å².